The lowest BCUT2D eigenvalue weighted by Gasteiger charge is -2.10. The van der Waals surface area contributed by atoms with E-state index in [0.29, 0.717) is 10.8 Å². The highest BCUT2D eigenvalue weighted by Crippen LogP contribution is 2.37. The predicted molar refractivity (Wildman–Crippen MR) is 113 cm³/mol. The minimum atomic E-state index is 0.592. The number of halogens is 1. The molecule has 0 bridgehead atoms. The van der Waals surface area contributed by atoms with E-state index in [1.165, 1.54) is 0 Å². The Labute approximate surface area is 162 Å². The number of H-pyrrole nitrogens is 1. The topological polar surface area (TPSA) is 40.7 Å². The number of pyridine rings is 1. The summed E-state index contributed by atoms with van der Waals surface area (Å²) in [6.45, 7) is 2.03. The fraction of sp³-hybridized carbons (Fsp3) is 0.0476. The van der Waals surface area contributed by atoms with E-state index in [2.05, 4.69) is 27.4 Å². The zero-order chi connectivity index (χ0) is 18.1. The summed E-state index contributed by atoms with van der Waals surface area (Å²) in [5.74, 6) is 0.713. The summed E-state index contributed by atoms with van der Waals surface area (Å²) in [6, 6.07) is 19.8. The van der Waals surface area contributed by atoms with Gasteiger partial charge in [0.15, 0.2) is 0 Å². The fourth-order valence-corrected chi connectivity index (χ4v) is 3.53. The van der Waals surface area contributed by atoms with Crippen molar-refractivity contribution in [3.05, 3.63) is 83.1 Å². The number of hydrogen-bond donors (Lipinski definition) is 2. The first-order valence-electron chi connectivity index (χ1n) is 8.23. The lowest BCUT2D eigenvalue weighted by molar-refractivity contribution is 1.32. The number of hydrogen-bond acceptors (Lipinski definition) is 2. The standard InChI is InChI=1S/C21H16ClN3S/c1-13-15(22)10-11-16-18(13)19(14-7-3-2-4-8-14)20(24-16)21(26)25-17-9-5-6-12-23-17/h2-12,24H,1H3,(H,23,25,26). The first-order chi connectivity index (χ1) is 12.6. The number of aryl methyl sites for hydroxylation is 1. The van der Waals surface area contributed by atoms with Crippen molar-refractivity contribution in [1.82, 2.24) is 9.97 Å². The minimum absolute atomic E-state index is 0.592. The van der Waals surface area contributed by atoms with Crippen LogP contribution in [0.15, 0.2) is 66.9 Å². The van der Waals surface area contributed by atoms with E-state index in [0.717, 1.165) is 38.3 Å². The van der Waals surface area contributed by atoms with Crippen LogP contribution in [0.2, 0.25) is 5.02 Å². The second kappa shape index (κ2) is 6.90. The summed E-state index contributed by atoms with van der Waals surface area (Å²) in [6.07, 6.45) is 1.73. The Morgan fingerprint density at radius 1 is 1.04 bits per heavy atom. The molecule has 2 N–H and O–H groups in total. The number of fused-ring (bicyclic) bond motifs is 1. The largest absolute Gasteiger partial charge is 0.352 e. The maximum atomic E-state index is 6.39. The van der Waals surface area contributed by atoms with Crippen LogP contribution in [-0.4, -0.2) is 15.0 Å². The molecule has 0 spiro atoms. The molecule has 0 radical (unpaired) electrons. The van der Waals surface area contributed by atoms with E-state index in [9.17, 15) is 0 Å². The first kappa shape index (κ1) is 16.8. The van der Waals surface area contributed by atoms with E-state index in [1.807, 2.05) is 55.5 Å². The molecule has 2 heterocycles. The molecule has 0 aliphatic heterocycles. The predicted octanol–water partition coefficient (Wildman–Crippen LogP) is 5.98. The van der Waals surface area contributed by atoms with Crippen LogP contribution < -0.4 is 5.32 Å². The highest BCUT2D eigenvalue weighted by Gasteiger charge is 2.19. The van der Waals surface area contributed by atoms with Crippen molar-refractivity contribution in [3.63, 3.8) is 0 Å². The molecule has 4 aromatic rings. The Kier molecular flexibility index (Phi) is 4.45. The van der Waals surface area contributed by atoms with Crippen molar-refractivity contribution in [3.8, 4) is 11.1 Å². The second-order valence-corrected chi connectivity index (χ2v) is 6.82. The molecule has 0 aliphatic rings. The van der Waals surface area contributed by atoms with Crippen molar-refractivity contribution < 1.29 is 0 Å². The van der Waals surface area contributed by atoms with Crippen LogP contribution in [0.25, 0.3) is 22.0 Å². The van der Waals surface area contributed by atoms with Crippen molar-refractivity contribution in [1.29, 1.82) is 0 Å². The molecule has 0 saturated heterocycles. The molecule has 0 amide bonds. The number of benzene rings is 2. The summed E-state index contributed by atoms with van der Waals surface area (Å²) in [5, 5.41) is 5.05. The number of nitrogens with one attached hydrogen (secondary N) is 2. The summed E-state index contributed by atoms with van der Waals surface area (Å²) in [4.78, 5) is 8.35. The molecular formula is C21H16ClN3S. The normalized spacial score (nSPS) is 10.8. The van der Waals surface area contributed by atoms with Gasteiger partial charge in [0.25, 0.3) is 0 Å². The van der Waals surface area contributed by atoms with Crippen LogP contribution in [0.1, 0.15) is 11.3 Å². The molecular weight excluding hydrogens is 362 g/mol. The number of aromatic nitrogens is 2. The Balaban J connectivity index is 1.92. The van der Waals surface area contributed by atoms with Gasteiger partial charge in [0, 0.05) is 27.7 Å². The lowest BCUT2D eigenvalue weighted by atomic mass is 9.99. The van der Waals surface area contributed by atoms with Gasteiger partial charge < -0.3 is 10.3 Å². The van der Waals surface area contributed by atoms with Crippen LogP contribution in [0.5, 0.6) is 0 Å². The van der Waals surface area contributed by atoms with Gasteiger partial charge in [-0.3, -0.25) is 0 Å². The summed E-state index contributed by atoms with van der Waals surface area (Å²) in [7, 11) is 0. The molecule has 0 atom stereocenters. The number of anilines is 1. The van der Waals surface area contributed by atoms with Gasteiger partial charge in [0.2, 0.25) is 0 Å². The molecule has 5 heteroatoms. The van der Waals surface area contributed by atoms with Crippen LogP contribution in [0, 0.1) is 6.92 Å². The van der Waals surface area contributed by atoms with Crippen LogP contribution >= 0.6 is 23.8 Å². The maximum Gasteiger partial charge on any atom is 0.130 e. The van der Waals surface area contributed by atoms with E-state index in [1.54, 1.807) is 6.20 Å². The van der Waals surface area contributed by atoms with E-state index >= 15 is 0 Å². The molecule has 128 valence electrons. The molecule has 0 aliphatic carbocycles. The highest BCUT2D eigenvalue weighted by molar-refractivity contribution is 7.81. The third kappa shape index (κ3) is 2.98. The van der Waals surface area contributed by atoms with Gasteiger partial charge in [0.05, 0.1) is 5.69 Å². The zero-order valence-electron chi connectivity index (χ0n) is 14.1. The van der Waals surface area contributed by atoms with Gasteiger partial charge in [-0.25, -0.2) is 4.98 Å². The number of thiocarbonyl (C=S) groups is 1. The fourth-order valence-electron chi connectivity index (χ4n) is 3.11. The van der Waals surface area contributed by atoms with E-state index < -0.39 is 0 Å². The Morgan fingerprint density at radius 2 is 1.81 bits per heavy atom. The molecule has 3 nitrogen and oxygen atoms in total. The quantitative estimate of drug-likeness (QED) is 0.431. The number of rotatable bonds is 3. The van der Waals surface area contributed by atoms with Crippen molar-refractivity contribution in [2.24, 2.45) is 0 Å². The molecule has 4 rings (SSSR count). The zero-order valence-corrected chi connectivity index (χ0v) is 15.7. The Bertz CT molecular complexity index is 1090. The van der Waals surface area contributed by atoms with Gasteiger partial charge in [0.1, 0.15) is 10.8 Å². The van der Waals surface area contributed by atoms with Gasteiger partial charge >= 0.3 is 0 Å². The molecule has 2 aromatic heterocycles. The molecule has 0 unspecified atom stereocenters. The smallest absolute Gasteiger partial charge is 0.130 e. The van der Waals surface area contributed by atoms with Gasteiger partial charge in [-0.2, -0.15) is 0 Å². The summed E-state index contributed by atoms with van der Waals surface area (Å²) >= 11 is 12.1. The van der Waals surface area contributed by atoms with Crippen molar-refractivity contribution in [2.75, 3.05) is 5.32 Å². The monoisotopic (exact) mass is 377 g/mol. The lowest BCUT2D eigenvalue weighted by Crippen LogP contribution is -2.13. The van der Waals surface area contributed by atoms with Crippen LogP contribution in [0.3, 0.4) is 0 Å². The third-order valence-corrected chi connectivity index (χ3v) is 5.07. The third-order valence-electron chi connectivity index (χ3n) is 4.35. The van der Waals surface area contributed by atoms with Gasteiger partial charge in [-0.05, 0) is 42.3 Å². The van der Waals surface area contributed by atoms with Gasteiger partial charge in [-0.15, -0.1) is 0 Å². The molecule has 26 heavy (non-hydrogen) atoms. The highest BCUT2D eigenvalue weighted by atomic mass is 35.5. The summed E-state index contributed by atoms with van der Waals surface area (Å²) in [5.41, 5.74) is 5.03. The summed E-state index contributed by atoms with van der Waals surface area (Å²) < 4.78 is 0. The van der Waals surface area contributed by atoms with E-state index in [-0.39, 0.29) is 0 Å². The van der Waals surface area contributed by atoms with Crippen molar-refractivity contribution >= 4 is 45.5 Å². The minimum Gasteiger partial charge on any atom is -0.352 e. The Morgan fingerprint density at radius 3 is 2.54 bits per heavy atom. The number of nitrogens with zero attached hydrogens (tertiary/aromatic N) is 1. The van der Waals surface area contributed by atoms with Crippen LogP contribution in [-0.2, 0) is 0 Å². The Hall–Kier alpha value is -2.69. The second-order valence-electron chi connectivity index (χ2n) is 6.01. The van der Waals surface area contributed by atoms with Gasteiger partial charge in [-0.1, -0.05) is 60.2 Å². The maximum absolute atomic E-state index is 6.39. The van der Waals surface area contributed by atoms with E-state index in [4.69, 9.17) is 23.8 Å². The number of aromatic amines is 1. The van der Waals surface area contributed by atoms with Crippen molar-refractivity contribution in [2.45, 2.75) is 6.92 Å². The molecule has 2 aromatic carbocycles. The SMILES string of the molecule is Cc1c(Cl)ccc2[nH]c(C(=S)Nc3ccccn3)c(-c3ccccc3)c12. The first-order valence-corrected chi connectivity index (χ1v) is 9.02. The van der Waals surface area contributed by atoms with Crippen LogP contribution in [0.4, 0.5) is 5.82 Å². The average Bonchev–Trinajstić information content (AvgIpc) is 3.07. The molecule has 0 fully saturated rings. The average molecular weight is 378 g/mol. The molecule has 0 saturated carbocycles.